The number of nitrogens with one attached hydrogen (secondary N) is 2. The van der Waals surface area contributed by atoms with E-state index in [1.165, 1.54) is 0 Å². The minimum Gasteiger partial charge on any atom is -0.393 e. The molecule has 0 aromatic heterocycles. The molecule has 0 aliphatic carbocycles. The van der Waals surface area contributed by atoms with Crippen molar-refractivity contribution in [2.75, 3.05) is 13.1 Å². The summed E-state index contributed by atoms with van der Waals surface area (Å²) in [4.78, 5) is 21.9. The lowest BCUT2D eigenvalue weighted by molar-refractivity contribution is -0.125. The zero-order valence-corrected chi connectivity index (χ0v) is 9.38. The van der Waals surface area contributed by atoms with E-state index in [4.69, 9.17) is 0 Å². The second kappa shape index (κ2) is 8.23. The van der Waals surface area contributed by atoms with Crippen LogP contribution in [0.15, 0.2) is 0 Å². The van der Waals surface area contributed by atoms with Gasteiger partial charge in [0, 0.05) is 13.0 Å². The molecule has 0 bridgehead atoms. The second-order valence-electron chi connectivity index (χ2n) is 3.33. The lowest BCUT2D eigenvalue weighted by atomic mass is 10.2. The molecule has 0 aliphatic heterocycles. The highest BCUT2D eigenvalue weighted by molar-refractivity contribution is 5.84. The molecule has 1 atom stereocenters. The Labute approximate surface area is 90.2 Å². The summed E-state index contributed by atoms with van der Waals surface area (Å²) >= 11 is 0. The van der Waals surface area contributed by atoms with Gasteiger partial charge in [-0.25, -0.2) is 0 Å². The standard InChI is InChI=1S/C10H20N2O3/c1-3-8(13)5-6-11-10(15)7-12-9(14)4-2/h8,13H,3-7H2,1-2H3,(H,11,15)(H,12,14). The molecule has 3 N–H and O–H groups in total. The maximum absolute atomic E-state index is 11.1. The minimum absolute atomic E-state index is 0.00882. The van der Waals surface area contributed by atoms with Crippen molar-refractivity contribution in [3.05, 3.63) is 0 Å². The van der Waals surface area contributed by atoms with E-state index in [-0.39, 0.29) is 24.5 Å². The first kappa shape index (κ1) is 13.9. The Hall–Kier alpha value is -1.10. The van der Waals surface area contributed by atoms with Crippen LogP contribution < -0.4 is 10.6 Å². The Kier molecular flexibility index (Phi) is 7.62. The Balaban J connectivity index is 3.45. The Bertz CT molecular complexity index is 207. The summed E-state index contributed by atoms with van der Waals surface area (Å²) in [5.41, 5.74) is 0. The number of carbonyl (C=O) groups is 2. The van der Waals surface area contributed by atoms with Crippen LogP contribution in [0.4, 0.5) is 0 Å². The van der Waals surface area contributed by atoms with Crippen LogP contribution in [-0.2, 0) is 9.59 Å². The van der Waals surface area contributed by atoms with Gasteiger partial charge in [-0.2, -0.15) is 0 Å². The van der Waals surface area contributed by atoms with Crippen LogP contribution in [0.1, 0.15) is 33.1 Å². The summed E-state index contributed by atoms with van der Waals surface area (Å²) in [5, 5.41) is 14.3. The van der Waals surface area contributed by atoms with E-state index >= 15 is 0 Å². The number of hydrogen-bond acceptors (Lipinski definition) is 3. The van der Waals surface area contributed by atoms with E-state index in [1.54, 1.807) is 6.92 Å². The van der Waals surface area contributed by atoms with Crippen molar-refractivity contribution >= 4 is 11.8 Å². The van der Waals surface area contributed by atoms with Gasteiger partial charge in [0.1, 0.15) is 0 Å². The Morgan fingerprint density at radius 2 is 1.87 bits per heavy atom. The molecule has 2 amide bonds. The van der Waals surface area contributed by atoms with Crippen LogP contribution in [0.2, 0.25) is 0 Å². The fourth-order valence-electron chi connectivity index (χ4n) is 0.949. The molecule has 0 radical (unpaired) electrons. The SMILES string of the molecule is CCC(=O)NCC(=O)NCCC(O)CC. The maximum Gasteiger partial charge on any atom is 0.239 e. The predicted octanol–water partition coefficient (Wildman–Crippen LogP) is -0.210. The molecule has 5 heteroatoms. The smallest absolute Gasteiger partial charge is 0.239 e. The summed E-state index contributed by atoms with van der Waals surface area (Å²) in [6, 6.07) is 0. The fourth-order valence-corrected chi connectivity index (χ4v) is 0.949. The molecule has 5 nitrogen and oxygen atoms in total. The number of amides is 2. The molecule has 15 heavy (non-hydrogen) atoms. The highest BCUT2D eigenvalue weighted by atomic mass is 16.3. The first-order chi connectivity index (χ1) is 7.10. The van der Waals surface area contributed by atoms with Gasteiger partial charge in [0.05, 0.1) is 12.6 Å². The number of aliphatic hydroxyl groups excluding tert-OH is 1. The maximum atomic E-state index is 11.1. The monoisotopic (exact) mass is 216 g/mol. The van der Waals surface area contributed by atoms with E-state index in [2.05, 4.69) is 10.6 Å². The average molecular weight is 216 g/mol. The first-order valence-corrected chi connectivity index (χ1v) is 5.31. The van der Waals surface area contributed by atoms with Crippen molar-refractivity contribution in [2.24, 2.45) is 0 Å². The summed E-state index contributed by atoms with van der Waals surface area (Å²) in [5.74, 6) is -0.362. The molecule has 0 fully saturated rings. The highest BCUT2D eigenvalue weighted by Gasteiger charge is 2.04. The second-order valence-corrected chi connectivity index (χ2v) is 3.33. The van der Waals surface area contributed by atoms with Crippen molar-refractivity contribution in [1.29, 1.82) is 0 Å². The normalized spacial score (nSPS) is 11.9. The number of carbonyl (C=O) groups excluding carboxylic acids is 2. The largest absolute Gasteiger partial charge is 0.393 e. The van der Waals surface area contributed by atoms with Crippen molar-refractivity contribution in [3.8, 4) is 0 Å². The molecule has 88 valence electrons. The van der Waals surface area contributed by atoms with Crippen LogP contribution in [-0.4, -0.2) is 36.1 Å². The van der Waals surface area contributed by atoms with E-state index in [0.717, 1.165) is 0 Å². The van der Waals surface area contributed by atoms with Gasteiger partial charge in [-0.05, 0) is 12.8 Å². The zero-order chi connectivity index (χ0) is 11.7. The quantitative estimate of drug-likeness (QED) is 0.551. The number of rotatable bonds is 7. The van der Waals surface area contributed by atoms with Gasteiger partial charge in [-0.3, -0.25) is 9.59 Å². The van der Waals surface area contributed by atoms with Crippen molar-refractivity contribution in [3.63, 3.8) is 0 Å². The number of hydrogen-bond donors (Lipinski definition) is 3. The molecule has 0 saturated heterocycles. The van der Waals surface area contributed by atoms with Gasteiger partial charge in [0.25, 0.3) is 0 Å². The predicted molar refractivity (Wildman–Crippen MR) is 57.2 cm³/mol. The van der Waals surface area contributed by atoms with Crippen molar-refractivity contribution in [1.82, 2.24) is 10.6 Å². The molecule has 0 spiro atoms. The summed E-state index contributed by atoms with van der Waals surface area (Å²) in [6.45, 7) is 4.06. The minimum atomic E-state index is -0.365. The summed E-state index contributed by atoms with van der Waals surface area (Å²) in [7, 11) is 0. The van der Waals surface area contributed by atoms with Crippen molar-refractivity contribution < 1.29 is 14.7 Å². The van der Waals surface area contributed by atoms with Gasteiger partial charge >= 0.3 is 0 Å². The molecule has 0 aromatic rings. The zero-order valence-electron chi connectivity index (χ0n) is 9.38. The first-order valence-electron chi connectivity index (χ1n) is 5.31. The topological polar surface area (TPSA) is 78.4 Å². The fraction of sp³-hybridized carbons (Fsp3) is 0.800. The van der Waals surface area contributed by atoms with Gasteiger partial charge in [0.2, 0.25) is 11.8 Å². The third kappa shape index (κ3) is 7.93. The van der Waals surface area contributed by atoms with Gasteiger partial charge in [-0.15, -0.1) is 0 Å². The van der Waals surface area contributed by atoms with Gasteiger partial charge < -0.3 is 15.7 Å². The van der Waals surface area contributed by atoms with E-state index in [0.29, 0.717) is 25.8 Å². The molecule has 0 saturated carbocycles. The van der Waals surface area contributed by atoms with E-state index in [1.807, 2.05) is 6.92 Å². The third-order valence-electron chi connectivity index (χ3n) is 2.04. The van der Waals surface area contributed by atoms with Gasteiger partial charge in [-0.1, -0.05) is 13.8 Å². The van der Waals surface area contributed by atoms with Crippen LogP contribution in [0.25, 0.3) is 0 Å². The van der Waals surface area contributed by atoms with Crippen LogP contribution in [0, 0.1) is 0 Å². The summed E-state index contributed by atoms with van der Waals surface area (Å²) < 4.78 is 0. The third-order valence-corrected chi connectivity index (χ3v) is 2.04. The molecular weight excluding hydrogens is 196 g/mol. The molecular formula is C10H20N2O3. The lowest BCUT2D eigenvalue weighted by Gasteiger charge is -2.09. The van der Waals surface area contributed by atoms with Crippen LogP contribution in [0.3, 0.4) is 0 Å². The van der Waals surface area contributed by atoms with Crippen LogP contribution >= 0.6 is 0 Å². The molecule has 0 heterocycles. The molecule has 0 aromatic carbocycles. The molecule has 1 unspecified atom stereocenters. The highest BCUT2D eigenvalue weighted by Crippen LogP contribution is 1.93. The lowest BCUT2D eigenvalue weighted by Crippen LogP contribution is -2.37. The van der Waals surface area contributed by atoms with Crippen LogP contribution in [0.5, 0.6) is 0 Å². The summed E-state index contributed by atoms with van der Waals surface area (Å²) in [6.07, 6.45) is 1.24. The molecule has 0 aliphatic rings. The Morgan fingerprint density at radius 1 is 1.20 bits per heavy atom. The number of aliphatic hydroxyl groups is 1. The van der Waals surface area contributed by atoms with E-state index in [9.17, 15) is 14.7 Å². The average Bonchev–Trinajstić information content (AvgIpc) is 2.25. The Morgan fingerprint density at radius 3 is 2.40 bits per heavy atom. The van der Waals surface area contributed by atoms with Crippen molar-refractivity contribution in [2.45, 2.75) is 39.2 Å². The van der Waals surface area contributed by atoms with E-state index < -0.39 is 0 Å². The van der Waals surface area contributed by atoms with Gasteiger partial charge in [0.15, 0.2) is 0 Å². The molecule has 0 rings (SSSR count).